The standard InChI is InChI=1S/C23H25N3O3S2/c1-25-21(19-10-6-3-7-11-19)14-24-23(25)30-16-22(27)26(15-18-8-4-2-5-9-18)20-12-13-31(28,29)17-20/h2-11,14,20H,12-13,15-17H2,1H3/t20-/m1/s1. The van der Waals surface area contributed by atoms with Crippen molar-refractivity contribution in [3.63, 3.8) is 0 Å². The van der Waals surface area contributed by atoms with Gasteiger partial charge < -0.3 is 9.47 Å². The normalized spacial score (nSPS) is 17.5. The van der Waals surface area contributed by atoms with Gasteiger partial charge >= 0.3 is 0 Å². The number of hydrogen-bond donors (Lipinski definition) is 0. The maximum Gasteiger partial charge on any atom is 0.233 e. The van der Waals surface area contributed by atoms with Crippen molar-refractivity contribution in [3.8, 4) is 11.3 Å². The molecule has 2 aromatic carbocycles. The van der Waals surface area contributed by atoms with Gasteiger partial charge in [-0.15, -0.1) is 0 Å². The number of imidazole rings is 1. The average Bonchev–Trinajstić information content (AvgIpc) is 3.33. The third-order valence-corrected chi connectivity index (χ3v) is 8.28. The molecule has 1 aliphatic rings. The fourth-order valence-corrected chi connectivity index (χ4v) is 6.40. The monoisotopic (exact) mass is 455 g/mol. The Labute approximate surface area is 187 Å². The molecule has 0 saturated carbocycles. The van der Waals surface area contributed by atoms with E-state index in [4.69, 9.17) is 0 Å². The third kappa shape index (κ3) is 5.19. The molecule has 3 aromatic rings. The summed E-state index contributed by atoms with van der Waals surface area (Å²) < 4.78 is 26.0. The Hall–Kier alpha value is -2.58. The molecule has 1 amide bonds. The lowest BCUT2D eigenvalue weighted by Gasteiger charge is -2.28. The Morgan fingerprint density at radius 1 is 1.13 bits per heavy atom. The fourth-order valence-electron chi connectivity index (χ4n) is 3.84. The first-order chi connectivity index (χ1) is 14.9. The van der Waals surface area contributed by atoms with E-state index < -0.39 is 9.84 Å². The van der Waals surface area contributed by atoms with E-state index in [0.717, 1.165) is 22.0 Å². The van der Waals surface area contributed by atoms with Crippen molar-refractivity contribution in [2.45, 2.75) is 24.2 Å². The van der Waals surface area contributed by atoms with Crippen molar-refractivity contribution in [3.05, 3.63) is 72.4 Å². The first kappa shape index (κ1) is 21.6. The van der Waals surface area contributed by atoms with Gasteiger partial charge in [0.25, 0.3) is 0 Å². The Morgan fingerprint density at radius 2 is 1.81 bits per heavy atom. The van der Waals surface area contributed by atoms with E-state index in [0.29, 0.717) is 13.0 Å². The second-order valence-electron chi connectivity index (χ2n) is 7.70. The average molecular weight is 456 g/mol. The van der Waals surface area contributed by atoms with Crippen LogP contribution in [-0.2, 0) is 28.2 Å². The van der Waals surface area contributed by atoms with Crippen LogP contribution >= 0.6 is 11.8 Å². The lowest BCUT2D eigenvalue weighted by atomic mass is 10.1. The summed E-state index contributed by atoms with van der Waals surface area (Å²) in [6.07, 6.45) is 2.31. The largest absolute Gasteiger partial charge is 0.334 e. The van der Waals surface area contributed by atoms with Crippen LogP contribution in [0.2, 0.25) is 0 Å². The van der Waals surface area contributed by atoms with Crippen molar-refractivity contribution >= 4 is 27.5 Å². The number of thioether (sulfide) groups is 1. The van der Waals surface area contributed by atoms with Crippen LogP contribution < -0.4 is 0 Å². The summed E-state index contributed by atoms with van der Waals surface area (Å²) in [6.45, 7) is 0.413. The van der Waals surface area contributed by atoms with E-state index in [1.807, 2.05) is 78.5 Å². The zero-order chi connectivity index (χ0) is 21.8. The molecule has 162 valence electrons. The quantitative estimate of drug-likeness (QED) is 0.511. The number of carbonyl (C=O) groups excluding carboxylic acids is 1. The fraction of sp³-hybridized carbons (Fsp3) is 0.304. The molecule has 1 aromatic heterocycles. The third-order valence-electron chi connectivity index (χ3n) is 5.51. The Morgan fingerprint density at radius 3 is 2.45 bits per heavy atom. The van der Waals surface area contributed by atoms with Gasteiger partial charge in [0.15, 0.2) is 15.0 Å². The molecule has 1 aliphatic heterocycles. The molecule has 1 atom stereocenters. The number of benzene rings is 2. The topological polar surface area (TPSA) is 72.3 Å². The van der Waals surface area contributed by atoms with Crippen LogP contribution in [-0.4, -0.2) is 52.1 Å². The van der Waals surface area contributed by atoms with Crippen molar-refractivity contribution in [2.75, 3.05) is 17.3 Å². The molecular weight excluding hydrogens is 430 g/mol. The first-order valence-corrected chi connectivity index (χ1v) is 13.0. The van der Waals surface area contributed by atoms with E-state index in [9.17, 15) is 13.2 Å². The van der Waals surface area contributed by atoms with E-state index in [1.165, 1.54) is 11.8 Å². The highest BCUT2D eigenvalue weighted by molar-refractivity contribution is 7.99. The molecule has 8 heteroatoms. The summed E-state index contributed by atoms with van der Waals surface area (Å²) in [5.74, 6) is 0.322. The first-order valence-electron chi connectivity index (χ1n) is 10.2. The zero-order valence-corrected chi connectivity index (χ0v) is 19.0. The Balaban J connectivity index is 1.48. The number of nitrogens with zero attached hydrogens (tertiary/aromatic N) is 3. The molecule has 0 radical (unpaired) electrons. The zero-order valence-electron chi connectivity index (χ0n) is 17.3. The van der Waals surface area contributed by atoms with Gasteiger partial charge in [-0.3, -0.25) is 4.79 Å². The molecule has 0 unspecified atom stereocenters. The van der Waals surface area contributed by atoms with Gasteiger partial charge in [-0.05, 0) is 17.5 Å². The summed E-state index contributed by atoms with van der Waals surface area (Å²) in [5, 5.41) is 0.755. The molecule has 6 nitrogen and oxygen atoms in total. The second-order valence-corrected chi connectivity index (χ2v) is 10.9. The van der Waals surface area contributed by atoms with Crippen LogP contribution in [0, 0.1) is 0 Å². The molecule has 4 rings (SSSR count). The van der Waals surface area contributed by atoms with Gasteiger partial charge in [-0.1, -0.05) is 72.4 Å². The lowest BCUT2D eigenvalue weighted by Crippen LogP contribution is -2.41. The Bertz CT molecular complexity index is 1150. The molecule has 1 fully saturated rings. The summed E-state index contributed by atoms with van der Waals surface area (Å²) >= 11 is 1.38. The second kappa shape index (κ2) is 9.28. The minimum Gasteiger partial charge on any atom is -0.334 e. The number of aromatic nitrogens is 2. The summed E-state index contributed by atoms with van der Waals surface area (Å²) in [4.78, 5) is 19.4. The highest BCUT2D eigenvalue weighted by Crippen LogP contribution is 2.26. The van der Waals surface area contributed by atoms with Crippen molar-refractivity contribution in [1.82, 2.24) is 14.5 Å². The highest BCUT2D eigenvalue weighted by atomic mass is 32.2. The molecule has 0 spiro atoms. The summed E-state index contributed by atoms with van der Waals surface area (Å²) in [7, 11) is -1.15. The number of carbonyl (C=O) groups is 1. The highest BCUT2D eigenvalue weighted by Gasteiger charge is 2.34. The van der Waals surface area contributed by atoms with Gasteiger partial charge in [-0.25, -0.2) is 13.4 Å². The minimum atomic E-state index is -3.08. The molecule has 2 heterocycles. The minimum absolute atomic E-state index is 0.0385. The molecule has 31 heavy (non-hydrogen) atoms. The molecular formula is C23H25N3O3S2. The molecule has 0 aliphatic carbocycles. The lowest BCUT2D eigenvalue weighted by molar-refractivity contribution is -0.130. The van der Waals surface area contributed by atoms with Crippen molar-refractivity contribution < 1.29 is 13.2 Å². The van der Waals surface area contributed by atoms with Crippen molar-refractivity contribution in [1.29, 1.82) is 0 Å². The summed E-state index contributed by atoms with van der Waals surface area (Å²) in [5.41, 5.74) is 3.05. The SMILES string of the molecule is Cn1c(-c2ccccc2)cnc1SCC(=O)N(Cc1ccccc1)[C@@H]1CCS(=O)(=O)C1. The molecule has 0 bridgehead atoms. The smallest absolute Gasteiger partial charge is 0.233 e. The van der Waals surface area contributed by atoms with Crippen LogP contribution in [0.5, 0.6) is 0 Å². The maximum atomic E-state index is 13.2. The number of hydrogen-bond acceptors (Lipinski definition) is 5. The number of amides is 1. The van der Waals surface area contributed by atoms with Crippen LogP contribution in [0.4, 0.5) is 0 Å². The maximum absolute atomic E-state index is 13.2. The predicted molar refractivity (Wildman–Crippen MR) is 123 cm³/mol. The van der Waals surface area contributed by atoms with Crippen molar-refractivity contribution in [2.24, 2.45) is 7.05 Å². The van der Waals surface area contributed by atoms with E-state index in [1.54, 1.807) is 4.90 Å². The van der Waals surface area contributed by atoms with E-state index >= 15 is 0 Å². The van der Waals surface area contributed by atoms with E-state index in [-0.39, 0.29) is 29.2 Å². The predicted octanol–water partition coefficient (Wildman–Crippen LogP) is 3.40. The van der Waals surface area contributed by atoms with Crippen LogP contribution in [0.3, 0.4) is 0 Å². The summed E-state index contributed by atoms with van der Waals surface area (Å²) in [6, 6.07) is 19.4. The van der Waals surface area contributed by atoms with E-state index in [2.05, 4.69) is 4.98 Å². The van der Waals surface area contributed by atoms with Gasteiger partial charge in [-0.2, -0.15) is 0 Å². The van der Waals surface area contributed by atoms with Crippen LogP contribution in [0.1, 0.15) is 12.0 Å². The molecule has 0 N–H and O–H groups in total. The van der Waals surface area contributed by atoms with Crippen LogP contribution in [0.15, 0.2) is 72.0 Å². The van der Waals surface area contributed by atoms with Gasteiger partial charge in [0.2, 0.25) is 5.91 Å². The van der Waals surface area contributed by atoms with Gasteiger partial charge in [0.1, 0.15) is 0 Å². The van der Waals surface area contributed by atoms with Gasteiger partial charge in [0, 0.05) is 19.6 Å². The Kier molecular flexibility index (Phi) is 6.48. The number of sulfone groups is 1. The molecule has 1 saturated heterocycles. The number of rotatable bonds is 7. The van der Waals surface area contributed by atoms with Gasteiger partial charge in [0.05, 0.1) is 29.1 Å². The van der Waals surface area contributed by atoms with Crippen LogP contribution in [0.25, 0.3) is 11.3 Å².